The van der Waals surface area contributed by atoms with Crippen LogP contribution >= 0.6 is 0 Å². The monoisotopic (exact) mass is 287 g/mol. The van der Waals surface area contributed by atoms with Crippen molar-refractivity contribution >= 4 is 11.9 Å². The maximum atomic E-state index is 12.1. The highest BCUT2D eigenvalue weighted by Crippen LogP contribution is 2.06. The first-order chi connectivity index (χ1) is 10.1. The van der Waals surface area contributed by atoms with Gasteiger partial charge in [0.15, 0.2) is 0 Å². The zero-order valence-corrected chi connectivity index (χ0v) is 11.7. The van der Waals surface area contributed by atoms with Crippen molar-refractivity contribution in [2.75, 3.05) is 0 Å². The second kappa shape index (κ2) is 6.69. The number of carbonyl (C=O) groups excluding carboxylic acids is 1. The first-order valence-electron chi connectivity index (χ1n) is 6.70. The van der Waals surface area contributed by atoms with E-state index >= 15 is 0 Å². The molecule has 0 spiro atoms. The highest BCUT2D eigenvalue weighted by molar-refractivity contribution is 5.96. The lowest BCUT2D eigenvalue weighted by molar-refractivity contribution is -0.139. The number of aliphatic carboxylic acids is 1. The molecular formula is C15H17N3O3. The molecule has 3 N–H and O–H groups in total. The van der Waals surface area contributed by atoms with E-state index in [0.29, 0.717) is 11.3 Å². The molecule has 0 fully saturated rings. The third-order valence-corrected chi connectivity index (χ3v) is 3.21. The molecule has 1 aromatic carbocycles. The summed E-state index contributed by atoms with van der Waals surface area (Å²) in [5.41, 5.74) is 2.23. The number of hydrogen-bond donors (Lipinski definition) is 3. The summed E-state index contributed by atoms with van der Waals surface area (Å²) in [7, 11) is 0. The van der Waals surface area contributed by atoms with Crippen LogP contribution in [0.25, 0.3) is 0 Å². The summed E-state index contributed by atoms with van der Waals surface area (Å²) in [6.07, 6.45) is 4.06. The number of nitrogens with zero attached hydrogens (tertiary/aromatic N) is 1. The SMILES string of the molecule is CCc1ccc(C(=O)N[C@H](Cc2cnc[nH]2)C(=O)O)cc1. The van der Waals surface area contributed by atoms with Gasteiger partial charge in [-0.15, -0.1) is 0 Å². The second-order valence-corrected chi connectivity index (χ2v) is 4.70. The molecule has 0 bridgehead atoms. The predicted octanol–water partition coefficient (Wildman–Crippen LogP) is 1.40. The molecule has 1 aromatic heterocycles. The van der Waals surface area contributed by atoms with Crippen LogP contribution in [0.1, 0.15) is 28.5 Å². The average Bonchev–Trinajstić information content (AvgIpc) is 2.99. The average molecular weight is 287 g/mol. The summed E-state index contributed by atoms with van der Waals surface area (Å²) in [5.74, 6) is -1.48. The smallest absolute Gasteiger partial charge is 0.326 e. The van der Waals surface area contributed by atoms with Crippen LogP contribution in [-0.2, 0) is 17.6 Å². The van der Waals surface area contributed by atoms with Gasteiger partial charge in [-0.25, -0.2) is 9.78 Å². The second-order valence-electron chi connectivity index (χ2n) is 4.70. The van der Waals surface area contributed by atoms with E-state index in [1.54, 1.807) is 12.1 Å². The molecular weight excluding hydrogens is 270 g/mol. The van der Waals surface area contributed by atoms with Crippen LogP contribution in [-0.4, -0.2) is 33.0 Å². The molecule has 0 aliphatic rings. The first kappa shape index (κ1) is 14.8. The number of carboxylic acids is 1. The Kier molecular flexibility index (Phi) is 4.71. The van der Waals surface area contributed by atoms with Gasteiger partial charge in [-0.05, 0) is 24.1 Å². The summed E-state index contributed by atoms with van der Waals surface area (Å²) in [5, 5.41) is 11.7. The third-order valence-electron chi connectivity index (χ3n) is 3.21. The van der Waals surface area contributed by atoms with Crippen molar-refractivity contribution in [3.8, 4) is 0 Å². The summed E-state index contributed by atoms with van der Waals surface area (Å²) in [4.78, 5) is 30.0. The Morgan fingerprint density at radius 1 is 1.33 bits per heavy atom. The number of H-pyrrole nitrogens is 1. The zero-order valence-electron chi connectivity index (χ0n) is 11.7. The molecule has 2 aromatic rings. The van der Waals surface area contributed by atoms with Crippen molar-refractivity contribution in [2.24, 2.45) is 0 Å². The summed E-state index contributed by atoms with van der Waals surface area (Å²) in [6, 6.07) is 6.12. The number of aromatic nitrogens is 2. The van der Waals surface area contributed by atoms with Crippen LogP contribution in [0.3, 0.4) is 0 Å². The molecule has 21 heavy (non-hydrogen) atoms. The van der Waals surface area contributed by atoms with E-state index in [4.69, 9.17) is 0 Å². The van der Waals surface area contributed by atoms with Crippen molar-refractivity contribution < 1.29 is 14.7 Å². The fraction of sp³-hybridized carbons (Fsp3) is 0.267. The molecule has 110 valence electrons. The maximum Gasteiger partial charge on any atom is 0.326 e. The van der Waals surface area contributed by atoms with Crippen molar-refractivity contribution in [1.29, 1.82) is 0 Å². The van der Waals surface area contributed by atoms with Crippen LogP contribution in [0, 0.1) is 0 Å². The first-order valence-corrected chi connectivity index (χ1v) is 6.70. The summed E-state index contributed by atoms with van der Waals surface area (Å²) >= 11 is 0. The largest absolute Gasteiger partial charge is 0.480 e. The molecule has 0 saturated heterocycles. The molecule has 1 heterocycles. The lowest BCUT2D eigenvalue weighted by Crippen LogP contribution is -2.42. The Balaban J connectivity index is 2.05. The highest BCUT2D eigenvalue weighted by Gasteiger charge is 2.21. The molecule has 0 aliphatic carbocycles. The minimum atomic E-state index is -1.08. The standard InChI is InChI=1S/C15H17N3O3/c1-2-10-3-5-11(6-4-10)14(19)18-13(15(20)21)7-12-8-16-9-17-12/h3-6,8-9,13H,2,7H2,1H3,(H,16,17)(H,18,19)(H,20,21)/t13-/m1/s1. The number of aromatic amines is 1. The van der Waals surface area contributed by atoms with E-state index in [1.807, 2.05) is 19.1 Å². The minimum Gasteiger partial charge on any atom is -0.480 e. The number of benzene rings is 1. The molecule has 0 unspecified atom stereocenters. The van der Waals surface area contributed by atoms with Gasteiger partial charge in [0.05, 0.1) is 6.33 Å². The van der Waals surface area contributed by atoms with Crippen LogP contribution in [0.4, 0.5) is 0 Å². The maximum absolute atomic E-state index is 12.1. The number of carboxylic acid groups (broad SMARTS) is 1. The molecule has 0 radical (unpaired) electrons. The van der Waals surface area contributed by atoms with Gasteiger partial charge in [0.25, 0.3) is 5.91 Å². The Morgan fingerprint density at radius 2 is 2.05 bits per heavy atom. The van der Waals surface area contributed by atoms with E-state index in [1.165, 1.54) is 12.5 Å². The molecule has 6 heteroatoms. The van der Waals surface area contributed by atoms with Crippen molar-refractivity contribution in [3.63, 3.8) is 0 Å². The van der Waals surface area contributed by atoms with Gasteiger partial charge in [0.1, 0.15) is 6.04 Å². The van der Waals surface area contributed by atoms with Gasteiger partial charge >= 0.3 is 5.97 Å². The lowest BCUT2D eigenvalue weighted by Gasteiger charge is -2.13. The molecule has 2 rings (SSSR count). The normalized spacial score (nSPS) is 11.9. The van der Waals surface area contributed by atoms with Gasteiger partial charge in [0, 0.05) is 23.9 Å². The molecule has 1 atom stereocenters. The van der Waals surface area contributed by atoms with E-state index in [2.05, 4.69) is 15.3 Å². The quantitative estimate of drug-likeness (QED) is 0.748. The van der Waals surface area contributed by atoms with E-state index in [9.17, 15) is 14.7 Å². The van der Waals surface area contributed by atoms with Gasteiger partial charge < -0.3 is 15.4 Å². The number of amides is 1. The lowest BCUT2D eigenvalue weighted by atomic mass is 10.1. The fourth-order valence-electron chi connectivity index (χ4n) is 1.95. The summed E-state index contributed by atoms with van der Waals surface area (Å²) in [6.45, 7) is 2.03. The predicted molar refractivity (Wildman–Crippen MR) is 77.0 cm³/mol. The Bertz CT molecular complexity index is 606. The zero-order chi connectivity index (χ0) is 15.2. The number of hydrogen-bond acceptors (Lipinski definition) is 3. The van der Waals surface area contributed by atoms with Gasteiger partial charge in [0.2, 0.25) is 0 Å². The number of imidazole rings is 1. The number of aryl methyl sites for hydroxylation is 1. The molecule has 0 aliphatic heterocycles. The topological polar surface area (TPSA) is 95.1 Å². The van der Waals surface area contributed by atoms with Crippen molar-refractivity contribution in [3.05, 3.63) is 53.6 Å². The Morgan fingerprint density at radius 3 is 2.57 bits per heavy atom. The van der Waals surface area contributed by atoms with Crippen LogP contribution < -0.4 is 5.32 Å². The summed E-state index contributed by atoms with van der Waals surface area (Å²) < 4.78 is 0. The van der Waals surface area contributed by atoms with E-state index < -0.39 is 17.9 Å². The highest BCUT2D eigenvalue weighted by atomic mass is 16.4. The number of rotatable bonds is 6. The van der Waals surface area contributed by atoms with Gasteiger partial charge in [-0.3, -0.25) is 4.79 Å². The van der Waals surface area contributed by atoms with Crippen molar-refractivity contribution in [1.82, 2.24) is 15.3 Å². The van der Waals surface area contributed by atoms with Gasteiger partial charge in [-0.1, -0.05) is 19.1 Å². The third kappa shape index (κ3) is 3.92. The Hall–Kier alpha value is -2.63. The van der Waals surface area contributed by atoms with Gasteiger partial charge in [-0.2, -0.15) is 0 Å². The number of carbonyl (C=O) groups is 2. The van der Waals surface area contributed by atoms with Crippen LogP contribution in [0.5, 0.6) is 0 Å². The fourth-order valence-corrected chi connectivity index (χ4v) is 1.95. The molecule has 6 nitrogen and oxygen atoms in total. The molecule has 0 saturated carbocycles. The minimum absolute atomic E-state index is 0.161. The van der Waals surface area contributed by atoms with Crippen molar-refractivity contribution in [2.45, 2.75) is 25.8 Å². The number of nitrogens with one attached hydrogen (secondary N) is 2. The van der Waals surface area contributed by atoms with E-state index in [0.717, 1.165) is 12.0 Å². The Labute approximate surface area is 122 Å². The van der Waals surface area contributed by atoms with Crippen LogP contribution in [0.2, 0.25) is 0 Å². The molecule has 1 amide bonds. The van der Waals surface area contributed by atoms with E-state index in [-0.39, 0.29) is 6.42 Å². The van der Waals surface area contributed by atoms with Crippen LogP contribution in [0.15, 0.2) is 36.8 Å².